The van der Waals surface area contributed by atoms with Gasteiger partial charge in [0.25, 0.3) is 0 Å². The topological polar surface area (TPSA) is 64.4 Å². The fraction of sp³-hybridized carbons (Fsp3) is 0.375. The third-order valence-corrected chi connectivity index (χ3v) is 3.79. The molecule has 0 saturated heterocycles. The minimum Gasteiger partial charge on any atom is -0.493 e. The van der Waals surface area contributed by atoms with Gasteiger partial charge in [0, 0.05) is 15.7 Å². The SMILES string of the molecule is CCCCOc1ccc(Br)cc1Cn1nc(C(=O)O)cc1C. The molecule has 0 spiro atoms. The second kappa shape index (κ2) is 7.45. The lowest BCUT2D eigenvalue weighted by Crippen LogP contribution is -2.08. The first kappa shape index (κ1) is 16.5. The van der Waals surface area contributed by atoms with Crippen molar-refractivity contribution in [2.24, 2.45) is 0 Å². The van der Waals surface area contributed by atoms with Crippen LogP contribution in [0.2, 0.25) is 0 Å². The second-order valence-electron chi connectivity index (χ2n) is 5.09. The maximum Gasteiger partial charge on any atom is 0.356 e. The Hall–Kier alpha value is -1.82. The zero-order valence-electron chi connectivity index (χ0n) is 12.7. The summed E-state index contributed by atoms with van der Waals surface area (Å²) in [5.41, 5.74) is 1.83. The molecule has 0 fully saturated rings. The van der Waals surface area contributed by atoms with Crippen LogP contribution in [0.3, 0.4) is 0 Å². The number of aromatic nitrogens is 2. The number of carboxylic acid groups (broad SMARTS) is 1. The number of carbonyl (C=O) groups is 1. The molecule has 0 unspecified atom stereocenters. The normalized spacial score (nSPS) is 10.7. The highest BCUT2D eigenvalue weighted by molar-refractivity contribution is 9.10. The summed E-state index contributed by atoms with van der Waals surface area (Å²) in [6.45, 7) is 5.10. The van der Waals surface area contributed by atoms with Crippen molar-refractivity contribution in [3.63, 3.8) is 0 Å². The van der Waals surface area contributed by atoms with Crippen LogP contribution < -0.4 is 4.74 Å². The van der Waals surface area contributed by atoms with Crippen LogP contribution in [-0.2, 0) is 6.54 Å². The van der Waals surface area contributed by atoms with Crippen LogP contribution >= 0.6 is 15.9 Å². The fourth-order valence-corrected chi connectivity index (χ4v) is 2.48. The zero-order valence-corrected chi connectivity index (χ0v) is 14.3. The van der Waals surface area contributed by atoms with Crippen molar-refractivity contribution in [2.75, 3.05) is 6.61 Å². The highest BCUT2D eigenvalue weighted by Gasteiger charge is 2.13. The van der Waals surface area contributed by atoms with Crippen LogP contribution in [0.25, 0.3) is 0 Å². The van der Waals surface area contributed by atoms with Gasteiger partial charge in [0.1, 0.15) is 5.75 Å². The van der Waals surface area contributed by atoms with E-state index in [1.54, 1.807) is 10.7 Å². The maximum absolute atomic E-state index is 11.0. The van der Waals surface area contributed by atoms with Crippen LogP contribution in [-0.4, -0.2) is 27.5 Å². The van der Waals surface area contributed by atoms with Gasteiger partial charge in [0.2, 0.25) is 0 Å². The molecule has 22 heavy (non-hydrogen) atoms. The van der Waals surface area contributed by atoms with Crippen LogP contribution in [0, 0.1) is 6.92 Å². The van der Waals surface area contributed by atoms with E-state index in [4.69, 9.17) is 9.84 Å². The molecular formula is C16H19BrN2O3. The lowest BCUT2D eigenvalue weighted by Gasteiger charge is -2.13. The van der Waals surface area contributed by atoms with E-state index < -0.39 is 5.97 Å². The summed E-state index contributed by atoms with van der Waals surface area (Å²) in [6.07, 6.45) is 2.07. The molecule has 1 aromatic heterocycles. The van der Waals surface area contributed by atoms with E-state index in [-0.39, 0.29) is 5.69 Å². The molecule has 0 saturated carbocycles. The number of ether oxygens (including phenoxy) is 1. The second-order valence-corrected chi connectivity index (χ2v) is 6.00. The quantitative estimate of drug-likeness (QED) is 0.755. The van der Waals surface area contributed by atoms with E-state index in [1.165, 1.54) is 0 Å². The number of benzene rings is 1. The van der Waals surface area contributed by atoms with E-state index in [0.29, 0.717) is 13.2 Å². The van der Waals surface area contributed by atoms with Crippen molar-refractivity contribution in [3.8, 4) is 5.75 Å². The number of carboxylic acids is 1. The number of aromatic carboxylic acids is 1. The Morgan fingerprint density at radius 2 is 2.18 bits per heavy atom. The molecule has 0 aliphatic carbocycles. The summed E-state index contributed by atoms with van der Waals surface area (Å²) in [7, 11) is 0. The van der Waals surface area contributed by atoms with Crippen molar-refractivity contribution >= 4 is 21.9 Å². The molecule has 0 aliphatic rings. The van der Waals surface area contributed by atoms with Gasteiger partial charge in [0.05, 0.1) is 13.2 Å². The number of nitrogens with zero attached hydrogens (tertiary/aromatic N) is 2. The predicted octanol–water partition coefficient (Wildman–Crippen LogP) is 3.88. The molecule has 6 heteroatoms. The van der Waals surface area contributed by atoms with Crippen molar-refractivity contribution in [3.05, 3.63) is 45.7 Å². The minimum atomic E-state index is -1.02. The number of unbranched alkanes of at least 4 members (excludes halogenated alkanes) is 1. The lowest BCUT2D eigenvalue weighted by atomic mass is 10.2. The average molecular weight is 367 g/mol. The molecule has 0 aliphatic heterocycles. The fourth-order valence-electron chi connectivity index (χ4n) is 2.07. The molecule has 0 amide bonds. The third-order valence-electron chi connectivity index (χ3n) is 3.30. The van der Waals surface area contributed by atoms with Gasteiger partial charge >= 0.3 is 5.97 Å². The first-order valence-electron chi connectivity index (χ1n) is 7.20. The standard InChI is InChI=1S/C16H19BrN2O3/c1-3-4-7-22-15-6-5-13(17)9-12(15)10-19-11(2)8-14(18-19)16(20)21/h5-6,8-9H,3-4,7,10H2,1-2H3,(H,20,21). The van der Waals surface area contributed by atoms with Crippen LogP contribution in [0.15, 0.2) is 28.7 Å². The number of rotatable bonds is 7. The Morgan fingerprint density at radius 3 is 2.82 bits per heavy atom. The number of halogens is 1. The van der Waals surface area contributed by atoms with Gasteiger partial charge in [-0.05, 0) is 37.6 Å². The lowest BCUT2D eigenvalue weighted by molar-refractivity contribution is 0.0689. The molecule has 1 aromatic carbocycles. The largest absolute Gasteiger partial charge is 0.493 e. The molecule has 118 valence electrons. The first-order valence-corrected chi connectivity index (χ1v) is 7.99. The monoisotopic (exact) mass is 366 g/mol. The molecule has 0 atom stereocenters. The molecule has 5 nitrogen and oxygen atoms in total. The Bertz CT molecular complexity index is 667. The highest BCUT2D eigenvalue weighted by atomic mass is 79.9. The van der Waals surface area contributed by atoms with E-state index in [2.05, 4.69) is 28.0 Å². The Kier molecular flexibility index (Phi) is 5.60. The van der Waals surface area contributed by atoms with Gasteiger partial charge < -0.3 is 9.84 Å². The summed E-state index contributed by atoms with van der Waals surface area (Å²) < 4.78 is 8.45. The molecule has 1 N–H and O–H groups in total. The number of hydrogen-bond donors (Lipinski definition) is 1. The summed E-state index contributed by atoms with van der Waals surface area (Å²) in [5.74, 6) is -0.209. The summed E-state index contributed by atoms with van der Waals surface area (Å²) in [5, 5.41) is 13.1. The summed E-state index contributed by atoms with van der Waals surface area (Å²) in [4.78, 5) is 11.0. The van der Waals surface area contributed by atoms with Gasteiger partial charge in [-0.25, -0.2) is 4.79 Å². The van der Waals surface area contributed by atoms with Crippen molar-refractivity contribution in [1.29, 1.82) is 0 Å². The van der Waals surface area contributed by atoms with Gasteiger partial charge in [-0.15, -0.1) is 0 Å². The van der Waals surface area contributed by atoms with E-state index in [1.807, 2.05) is 25.1 Å². The van der Waals surface area contributed by atoms with Crippen molar-refractivity contribution < 1.29 is 14.6 Å². The van der Waals surface area contributed by atoms with Crippen molar-refractivity contribution in [1.82, 2.24) is 9.78 Å². The van der Waals surface area contributed by atoms with Crippen LogP contribution in [0.5, 0.6) is 5.75 Å². The van der Waals surface area contributed by atoms with Gasteiger partial charge in [-0.2, -0.15) is 5.10 Å². The smallest absolute Gasteiger partial charge is 0.356 e. The third kappa shape index (κ3) is 4.10. The average Bonchev–Trinajstić information content (AvgIpc) is 2.83. The van der Waals surface area contributed by atoms with E-state index in [9.17, 15) is 4.79 Å². The molecule has 1 heterocycles. The first-order chi connectivity index (χ1) is 10.5. The van der Waals surface area contributed by atoms with Gasteiger partial charge in [-0.3, -0.25) is 4.68 Å². The highest BCUT2D eigenvalue weighted by Crippen LogP contribution is 2.25. The van der Waals surface area contributed by atoms with E-state index in [0.717, 1.165) is 34.3 Å². The Balaban J connectivity index is 2.24. The molecule has 2 rings (SSSR count). The Morgan fingerprint density at radius 1 is 1.41 bits per heavy atom. The van der Waals surface area contributed by atoms with Crippen LogP contribution in [0.4, 0.5) is 0 Å². The number of aryl methyl sites for hydroxylation is 1. The van der Waals surface area contributed by atoms with Gasteiger partial charge in [-0.1, -0.05) is 29.3 Å². The Labute approximate surface area is 138 Å². The predicted molar refractivity (Wildman–Crippen MR) is 87.6 cm³/mol. The number of hydrogen-bond acceptors (Lipinski definition) is 3. The molecule has 0 bridgehead atoms. The zero-order chi connectivity index (χ0) is 16.1. The minimum absolute atomic E-state index is 0.0564. The maximum atomic E-state index is 11.0. The molecule has 0 radical (unpaired) electrons. The molecular weight excluding hydrogens is 348 g/mol. The van der Waals surface area contributed by atoms with Crippen molar-refractivity contribution in [2.45, 2.75) is 33.2 Å². The summed E-state index contributed by atoms with van der Waals surface area (Å²) in [6, 6.07) is 7.40. The van der Waals surface area contributed by atoms with Gasteiger partial charge in [0.15, 0.2) is 5.69 Å². The summed E-state index contributed by atoms with van der Waals surface area (Å²) >= 11 is 3.46. The van der Waals surface area contributed by atoms with E-state index >= 15 is 0 Å². The van der Waals surface area contributed by atoms with Crippen LogP contribution in [0.1, 0.15) is 41.5 Å². The molecule has 2 aromatic rings.